The van der Waals surface area contributed by atoms with E-state index in [2.05, 4.69) is 12.1 Å². The Hall–Kier alpha value is -2.17. The van der Waals surface area contributed by atoms with Gasteiger partial charge in [0.15, 0.2) is 0 Å². The number of nitrogens with zero attached hydrogens (tertiary/aromatic N) is 1. The van der Waals surface area contributed by atoms with Crippen LogP contribution in [0.1, 0.15) is 43.4 Å². The van der Waals surface area contributed by atoms with E-state index in [4.69, 9.17) is 37.5 Å². The lowest BCUT2D eigenvalue weighted by atomic mass is 10.1. The molecule has 4 nitrogen and oxygen atoms in total. The van der Waals surface area contributed by atoms with E-state index < -0.39 is 0 Å². The number of hydrogen-bond donors (Lipinski definition) is 0. The molecule has 0 N–H and O–H groups in total. The van der Waals surface area contributed by atoms with Gasteiger partial charge in [-0.3, -0.25) is 0 Å². The van der Waals surface area contributed by atoms with Crippen LogP contribution in [0.4, 0.5) is 0 Å². The van der Waals surface area contributed by atoms with Crippen LogP contribution >= 0.6 is 23.2 Å². The van der Waals surface area contributed by atoms with Crippen LogP contribution in [0.5, 0.6) is 11.5 Å². The van der Waals surface area contributed by atoms with Gasteiger partial charge in [-0.15, -0.1) is 0 Å². The highest BCUT2D eigenvalue weighted by atomic mass is 35.5. The number of oxime groups is 1. The molecule has 0 saturated carbocycles. The van der Waals surface area contributed by atoms with E-state index in [-0.39, 0.29) is 4.49 Å². The first-order valence-electron chi connectivity index (χ1n) is 10.1. The molecule has 0 spiro atoms. The highest BCUT2D eigenvalue weighted by Crippen LogP contribution is 2.30. The first kappa shape index (κ1) is 24.1. The van der Waals surface area contributed by atoms with Crippen molar-refractivity contribution in [3.05, 3.63) is 69.7 Å². The Bertz CT molecular complexity index is 847. The quantitative estimate of drug-likeness (QED) is 0.202. The lowest BCUT2D eigenvalue weighted by molar-refractivity contribution is 0.135. The van der Waals surface area contributed by atoms with Crippen molar-refractivity contribution in [2.24, 2.45) is 5.16 Å². The van der Waals surface area contributed by atoms with Gasteiger partial charge in [0.1, 0.15) is 29.2 Å². The van der Waals surface area contributed by atoms with E-state index in [1.54, 1.807) is 6.08 Å². The average molecular weight is 450 g/mol. The number of rotatable bonds is 12. The van der Waals surface area contributed by atoms with Gasteiger partial charge in [0.05, 0.1) is 12.3 Å². The van der Waals surface area contributed by atoms with Gasteiger partial charge in [-0.2, -0.15) is 0 Å². The van der Waals surface area contributed by atoms with Crippen LogP contribution in [0.2, 0.25) is 0 Å². The lowest BCUT2D eigenvalue weighted by Crippen LogP contribution is -2.04. The Balaban J connectivity index is 1.76. The van der Waals surface area contributed by atoms with Crippen LogP contribution in [0.25, 0.3) is 0 Å². The Morgan fingerprint density at radius 2 is 1.77 bits per heavy atom. The molecule has 0 aliphatic heterocycles. The van der Waals surface area contributed by atoms with E-state index in [0.29, 0.717) is 19.8 Å². The number of benzene rings is 2. The molecule has 0 heterocycles. The molecule has 0 bridgehead atoms. The van der Waals surface area contributed by atoms with E-state index in [1.807, 2.05) is 56.3 Å². The number of halogens is 2. The third-order valence-corrected chi connectivity index (χ3v) is 4.77. The normalized spacial score (nSPS) is 11.2. The Kier molecular flexibility index (Phi) is 10.6. The molecule has 0 fully saturated rings. The second kappa shape index (κ2) is 13.2. The minimum absolute atomic E-state index is 0.201. The van der Waals surface area contributed by atoms with Crippen molar-refractivity contribution in [2.75, 3.05) is 19.8 Å². The molecule has 6 heteroatoms. The van der Waals surface area contributed by atoms with Crippen LogP contribution in [-0.2, 0) is 11.3 Å². The SMILES string of the molecule is CCc1cc(OCC=C(Cl)Cl)cc(C)c1OCCCCON=C(C)c1ccccc1. The summed E-state index contributed by atoms with van der Waals surface area (Å²) >= 11 is 11.2. The summed E-state index contributed by atoms with van der Waals surface area (Å²) in [5.74, 6) is 1.71. The maximum absolute atomic E-state index is 6.05. The topological polar surface area (TPSA) is 40.0 Å². The molecule has 162 valence electrons. The first-order chi connectivity index (χ1) is 14.5. The van der Waals surface area contributed by atoms with Crippen LogP contribution in [0, 0.1) is 6.92 Å². The van der Waals surface area contributed by atoms with Gasteiger partial charge in [0.25, 0.3) is 0 Å². The smallest absolute Gasteiger partial charge is 0.125 e. The third-order valence-electron chi connectivity index (χ3n) is 4.46. The number of hydrogen-bond acceptors (Lipinski definition) is 4. The lowest BCUT2D eigenvalue weighted by Gasteiger charge is -2.15. The summed E-state index contributed by atoms with van der Waals surface area (Å²) in [4.78, 5) is 5.43. The minimum atomic E-state index is 0.201. The summed E-state index contributed by atoms with van der Waals surface area (Å²) in [6, 6.07) is 14.0. The molecular formula is C24H29Cl2NO3. The number of unbranched alkanes of at least 4 members (excludes halogenated alkanes) is 1. The van der Waals surface area contributed by atoms with Gasteiger partial charge in [-0.25, -0.2) is 0 Å². The fraction of sp³-hybridized carbons (Fsp3) is 0.375. The zero-order valence-electron chi connectivity index (χ0n) is 17.8. The minimum Gasteiger partial charge on any atom is -0.493 e. The Labute approximate surface area is 189 Å². The van der Waals surface area contributed by atoms with Crippen LogP contribution in [0.3, 0.4) is 0 Å². The fourth-order valence-corrected chi connectivity index (χ4v) is 3.01. The maximum Gasteiger partial charge on any atom is 0.125 e. The van der Waals surface area contributed by atoms with E-state index in [1.165, 1.54) is 0 Å². The molecule has 2 aromatic rings. The molecule has 0 saturated heterocycles. The van der Waals surface area contributed by atoms with E-state index in [0.717, 1.165) is 53.2 Å². The van der Waals surface area contributed by atoms with Gasteiger partial charge in [0.2, 0.25) is 0 Å². The highest BCUT2D eigenvalue weighted by Gasteiger charge is 2.09. The summed E-state index contributed by atoms with van der Waals surface area (Å²) in [5.41, 5.74) is 4.11. The molecule has 2 rings (SSSR count). The van der Waals surface area contributed by atoms with Gasteiger partial charge in [0, 0.05) is 0 Å². The number of aryl methyl sites for hydroxylation is 2. The van der Waals surface area contributed by atoms with Crippen LogP contribution in [-0.4, -0.2) is 25.5 Å². The second-order valence-electron chi connectivity index (χ2n) is 6.82. The van der Waals surface area contributed by atoms with E-state index >= 15 is 0 Å². The van der Waals surface area contributed by atoms with Crippen molar-refractivity contribution >= 4 is 28.9 Å². The van der Waals surface area contributed by atoms with Crippen molar-refractivity contribution in [2.45, 2.75) is 40.0 Å². The molecule has 0 amide bonds. The molecular weight excluding hydrogens is 421 g/mol. The van der Waals surface area contributed by atoms with Crippen LogP contribution in [0.15, 0.2) is 58.2 Å². The Morgan fingerprint density at radius 1 is 1.03 bits per heavy atom. The summed E-state index contributed by atoms with van der Waals surface area (Å²) < 4.78 is 11.9. The van der Waals surface area contributed by atoms with E-state index in [9.17, 15) is 0 Å². The summed E-state index contributed by atoms with van der Waals surface area (Å²) in [7, 11) is 0. The zero-order valence-corrected chi connectivity index (χ0v) is 19.3. The average Bonchev–Trinajstić information content (AvgIpc) is 2.74. The molecule has 0 atom stereocenters. The molecule has 0 unspecified atom stereocenters. The summed E-state index contributed by atoms with van der Waals surface area (Å²) in [6.07, 6.45) is 4.23. The van der Waals surface area contributed by atoms with Crippen LogP contribution < -0.4 is 9.47 Å². The second-order valence-corrected chi connectivity index (χ2v) is 7.83. The van der Waals surface area contributed by atoms with Gasteiger partial charge in [-0.1, -0.05) is 65.6 Å². The monoisotopic (exact) mass is 449 g/mol. The van der Waals surface area contributed by atoms with Crippen molar-refractivity contribution < 1.29 is 14.3 Å². The fourth-order valence-electron chi connectivity index (χ4n) is 2.88. The van der Waals surface area contributed by atoms with Crippen molar-refractivity contribution in [1.29, 1.82) is 0 Å². The molecule has 0 aliphatic rings. The molecule has 30 heavy (non-hydrogen) atoms. The molecule has 0 radical (unpaired) electrons. The van der Waals surface area contributed by atoms with Gasteiger partial charge >= 0.3 is 0 Å². The van der Waals surface area contributed by atoms with Gasteiger partial charge in [-0.05, 0) is 68.0 Å². The van der Waals surface area contributed by atoms with Crippen molar-refractivity contribution in [3.63, 3.8) is 0 Å². The van der Waals surface area contributed by atoms with Crippen molar-refractivity contribution in [1.82, 2.24) is 0 Å². The summed E-state index contributed by atoms with van der Waals surface area (Å²) in [6.45, 7) is 7.59. The standard InChI is InChI=1S/C24H29Cl2NO3/c1-4-20-17-22(28-15-12-23(25)26)16-18(2)24(20)29-13-8-9-14-30-27-19(3)21-10-6-5-7-11-21/h5-7,10-12,16-17H,4,8-9,13-15H2,1-3H3. The largest absolute Gasteiger partial charge is 0.493 e. The molecule has 0 aromatic heterocycles. The Morgan fingerprint density at radius 3 is 2.47 bits per heavy atom. The number of ether oxygens (including phenoxy) is 2. The zero-order chi connectivity index (χ0) is 21.8. The van der Waals surface area contributed by atoms with Crippen molar-refractivity contribution in [3.8, 4) is 11.5 Å². The maximum atomic E-state index is 6.05. The molecule has 2 aromatic carbocycles. The predicted octanol–water partition coefficient (Wildman–Crippen LogP) is 6.86. The molecule has 0 aliphatic carbocycles. The predicted molar refractivity (Wildman–Crippen MR) is 125 cm³/mol. The summed E-state index contributed by atoms with van der Waals surface area (Å²) in [5, 5.41) is 4.18. The first-order valence-corrected chi connectivity index (χ1v) is 10.9. The third kappa shape index (κ3) is 8.29. The van der Waals surface area contributed by atoms with Gasteiger partial charge < -0.3 is 14.3 Å². The highest BCUT2D eigenvalue weighted by molar-refractivity contribution is 6.55.